The zero-order valence-electron chi connectivity index (χ0n) is 11.4. The fourth-order valence-corrected chi connectivity index (χ4v) is 4.57. The summed E-state index contributed by atoms with van der Waals surface area (Å²) in [6.45, 7) is 6.51. The van der Waals surface area contributed by atoms with Crippen molar-refractivity contribution in [3.63, 3.8) is 0 Å². The van der Waals surface area contributed by atoms with Gasteiger partial charge in [-0.2, -0.15) is 0 Å². The van der Waals surface area contributed by atoms with Crippen LogP contribution in [0.1, 0.15) is 39.2 Å². The number of aliphatic hydroxyl groups is 2. The predicted octanol–water partition coefficient (Wildman–Crippen LogP) is 2.69. The van der Waals surface area contributed by atoms with Crippen molar-refractivity contribution in [3.8, 4) is 0 Å². The third kappa shape index (κ3) is 1.07. The average Bonchev–Trinajstić information content (AvgIpc) is 2.65. The smallest absolute Gasteiger partial charge is 0.121 e. The fourth-order valence-electron chi connectivity index (χ4n) is 4.57. The highest BCUT2D eigenvalue weighted by Gasteiger charge is 2.73. The molecular formula is C16H22O2. The zero-order chi connectivity index (χ0) is 13.2. The van der Waals surface area contributed by atoms with E-state index in [0.717, 1.165) is 18.4 Å². The summed E-state index contributed by atoms with van der Waals surface area (Å²) in [4.78, 5) is 0. The van der Waals surface area contributed by atoms with Gasteiger partial charge in [-0.15, -0.1) is 0 Å². The van der Waals surface area contributed by atoms with Gasteiger partial charge in [0.2, 0.25) is 0 Å². The van der Waals surface area contributed by atoms with Crippen LogP contribution >= 0.6 is 0 Å². The Labute approximate surface area is 109 Å². The topological polar surface area (TPSA) is 40.5 Å². The number of hydrogen-bond acceptors (Lipinski definition) is 2. The van der Waals surface area contributed by atoms with Crippen molar-refractivity contribution in [2.75, 3.05) is 0 Å². The molecule has 2 heteroatoms. The molecule has 0 heterocycles. The maximum Gasteiger partial charge on any atom is 0.121 e. The van der Waals surface area contributed by atoms with Gasteiger partial charge in [-0.3, -0.25) is 0 Å². The maximum absolute atomic E-state index is 11.3. The standard InChI is InChI=1S/C16H22O2/c1-14(2)12-9-10-15(14,3)16(18,13(12)17)11-7-5-4-6-8-11/h4-8,12-13,17-18H,9-10H2,1-3H3/t12-,13-,15+,16-/m1/s1. The molecule has 2 nitrogen and oxygen atoms in total. The summed E-state index contributed by atoms with van der Waals surface area (Å²) in [7, 11) is 0. The molecule has 2 bridgehead atoms. The van der Waals surface area contributed by atoms with Crippen LogP contribution in [0, 0.1) is 16.7 Å². The molecule has 0 amide bonds. The Morgan fingerprint density at radius 1 is 1.11 bits per heavy atom. The van der Waals surface area contributed by atoms with Gasteiger partial charge in [0.05, 0.1) is 6.10 Å². The first kappa shape index (κ1) is 12.2. The Hall–Kier alpha value is -0.860. The van der Waals surface area contributed by atoms with E-state index in [2.05, 4.69) is 20.8 Å². The average molecular weight is 246 g/mol. The molecule has 0 saturated heterocycles. The van der Waals surface area contributed by atoms with Crippen LogP contribution in [0.2, 0.25) is 0 Å². The lowest BCUT2D eigenvalue weighted by Gasteiger charge is -2.46. The molecule has 4 atom stereocenters. The van der Waals surface area contributed by atoms with Crippen molar-refractivity contribution in [1.82, 2.24) is 0 Å². The number of aliphatic hydroxyl groups excluding tert-OH is 1. The minimum atomic E-state index is -1.11. The minimum Gasteiger partial charge on any atom is -0.389 e. The summed E-state index contributed by atoms with van der Waals surface area (Å²) in [6.07, 6.45) is 1.33. The zero-order valence-corrected chi connectivity index (χ0v) is 11.4. The number of rotatable bonds is 1. The highest BCUT2D eigenvalue weighted by molar-refractivity contribution is 5.34. The number of benzene rings is 1. The quantitative estimate of drug-likeness (QED) is 0.800. The van der Waals surface area contributed by atoms with Crippen molar-refractivity contribution in [3.05, 3.63) is 35.9 Å². The van der Waals surface area contributed by atoms with E-state index in [-0.39, 0.29) is 16.7 Å². The molecule has 2 aliphatic rings. The van der Waals surface area contributed by atoms with E-state index in [4.69, 9.17) is 0 Å². The summed E-state index contributed by atoms with van der Waals surface area (Å²) < 4.78 is 0. The molecule has 3 rings (SSSR count). The molecule has 2 saturated carbocycles. The van der Waals surface area contributed by atoms with Crippen LogP contribution in [0.25, 0.3) is 0 Å². The second kappa shape index (κ2) is 3.37. The second-order valence-electron chi connectivity index (χ2n) is 6.78. The summed E-state index contributed by atoms with van der Waals surface area (Å²) >= 11 is 0. The van der Waals surface area contributed by atoms with E-state index in [1.54, 1.807) is 0 Å². The third-order valence-corrected chi connectivity index (χ3v) is 6.17. The molecule has 1 aromatic carbocycles. The van der Waals surface area contributed by atoms with Crippen molar-refractivity contribution < 1.29 is 10.2 Å². The fraction of sp³-hybridized carbons (Fsp3) is 0.625. The summed E-state index contributed by atoms with van der Waals surface area (Å²) in [5, 5.41) is 21.9. The van der Waals surface area contributed by atoms with E-state index in [1.165, 1.54) is 0 Å². The van der Waals surface area contributed by atoms with Crippen LogP contribution in [0.5, 0.6) is 0 Å². The first-order chi connectivity index (χ1) is 8.36. The molecule has 0 unspecified atom stereocenters. The first-order valence-electron chi connectivity index (χ1n) is 6.81. The van der Waals surface area contributed by atoms with Gasteiger partial charge in [0.1, 0.15) is 5.60 Å². The Morgan fingerprint density at radius 3 is 2.22 bits per heavy atom. The molecule has 1 aromatic rings. The maximum atomic E-state index is 11.3. The van der Waals surface area contributed by atoms with Gasteiger partial charge in [-0.05, 0) is 29.7 Å². The molecule has 0 aromatic heterocycles. The van der Waals surface area contributed by atoms with Gasteiger partial charge in [0, 0.05) is 5.41 Å². The summed E-state index contributed by atoms with van der Waals surface area (Å²) in [5.74, 6) is 0.188. The van der Waals surface area contributed by atoms with E-state index in [9.17, 15) is 10.2 Å². The Morgan fingerprint density at radius 2 is 1.72 bits per heavy atom. The molecule has 2 fully saturated rings. The van der Waals surface area contributed by atoms with Crippen molar-refractivity contribution >= 4 is 0 Å². The lowest BCUT2D eigenvalue weighted by Crippen LogP contribution is -2.50. The molecule has 0 aliphatic heterocycles. The van der Waals surface area contributed by atoms with Gasteiger partial charge in [-0.25, -0.2) is 0 Å². The van der Waals surface area contributed by atoms with Crippen LogP contribution in [-0.4, -0.2) is 16.3 Å². The Balaban J connectivity index is 2.19. The van der Waals surface area contributed by atoms with Crippen LogP contribution in [-0.2, 0) is 5.60 Å². The Bertz CT molecular complexity index is 467. The highest BCUT2D eigenvalue weighted by Crippen LogP contribution is 2.72. The van der Waals surface area contributed by atoms with Gasteiger partial charge < -0.3 is 10.2 Å². The summed E-state index contributed by atoms with van der Waals surface area (Å²) in [6, 6.07) is 9.68. The Kier molecular flexibility index (Phi) is 2.28. The highest BCUT2D eigenvalue weighted by atomic mass is 16.3. The first-order valence-corrected chi connectivity index (χ1v) is 6.81. The minimum absolute atomic E-state index is 0.0307. The molecule has 0 spiro atoms. The molecule has 0 radical (unpaired) electrons. The van der Waals surface area contributed by atoms with E-state index < -0.39 is 11.7 Å². The third-order valence-electron chi connectivity index (χ3n) is 6.17. The largest absolute Gasteiger partial charge is 0.389 e. The van der Waals surface area contributed by atoms with Crippen LogP contribution in [0.15, 0.2) is 30.3 Å². The molecule has 2 N–H and O–H groups in total. The van der Waals surface area contributed by atoms with E-state index in [1.807, 2.05) is 30.3 Å². The van der Waals surface area contributed by atoms with Gasteiger partial charge >= 0.3 is 0 Å². The monoisotopic (exact) mass is 246 g/mol. The SMILES string of the molecule is CC1(C)[C@@H]2CC[C@]1(C)[C@@](O)(c1ccccc1)[C@@H]2O. The van der Waals surface area contributed by atoms with Crippen LogP contribution in [0.4, 0.5) is 0 Å². The van der Waals surface area contributed by atoms with Crippen molar-refractivity contribution in [2.24, 2.45) is 16.7 Å². The van der Waals surface area contributed by atoms with Crippen LogP contribution in [0.3, 0.4) is 0 Å². The van der Waals surface area contributed by atoms with Crippen LogP contribution < -0.4 is 0 Å². The van der Waals surface area contributed by atoms with Gasteiger partial charge in [0.15, 0.2) is 0 Å². The van der Waals surface area contributed by atoms with Gasteiger partial charge in [-0.1, -0.05) is 51.1 Å². The van der Waals surface area contributed by atoms with E-state index in [0.29, 0.717) is 0 Å². The number of hydrogen-bond donors (Lipinski definition) is 2. The molecule has 2 aliphatic carbocycles. The second-order valence-corrected chi connectivity index (χ2v) is 6.78. The lowest BCUT2D eigenvalue weighted by atomic mass is 9.62. The van der Waals surface area contributed by atoms with E-state index >= 15 is 0 Å². The van der Waals surface area contributed by atoms with Crippen molar-refractivity contribution in [2.45, 2.75) is 45.3 Å². The van der Waals surface area contributed by atoms with Gasteiger partial charge in [0.25, 0.3) is 0 Å². The predicted molar refractivity (Wildman–Crippen MR) is 71.0 cm³/mol. The molecule has 98 valence electrons. The lowest BCUT2D eigenvalue weighted by molar-refractivity contribution is -0.154. The molecular weight excluding hydrogens is 224 g/mol. The number of fused-ring (bicyclic) bond motifs is 2. The molecule has 18 heavy (non-hydrogen) atoms. The normalized spacial score (nSPS) is 45.4. The van der Waals surface area contributed by atoms with Crippen molar-refractivity contribution in [1.29, 1.82) is 0 Å². The summed E-state index contributed by atoms with van der Waals surface area (Å²) in [5.41, 5.74) is -0.543.